The Morgan fingerprint density at radius 1 is 1.20 bits per heavy atom. The standard InChI is InChI=1S/C18H18N4O3/c1-20-18(23)22-7-6-12-8-15-16(25-10-24-15)9-14(12)17(21-22)11-2-4-13(19)5-3-11/h2-5,8-9H,6-7,10,19H2,1H3,(H,20,23). The van der Waals surface area contributed by atoms with Crippen LogP contribution < -0.4 is 20.5 Å². The Balaban J connectivity index is 1.87. The number of hydrogen-bond acceptors (Lipinski definition) is 5. The van der Waals surface area contributed by atoms with Crippen LogP contribution in [0.1, 0.15) is 16.7 Å². The van der Waals surface area contributed by atoms with Gasteiger partial charge in [-0.15, -0.1) is 0 Å². The Morgan fingerprint density at radius 3 is 2.64 bits per heavy atom. The first kappa shape index (κ1) is 15.3. The summed E-state index contributed by atoms with van der Waals surface area (Å²) in [5, 5.41) is 8.68. The van der Waals surface area contributed by atoms with Crippen LogP contribution in [0.25, 0.3) is 0 Å². The van der Waals surface area contributed by atoms with Gasteiger partial charge in [-0.25, -0.2) is 9.80 Å². The van der Waals surface area contributed by atoms with Crippen LogP contribution in [-0.4, -0.2) is 37.1 Å². The van der Waals surface area contributed by atoms with E-state index in [9.17, 15) is 4.79 Å². The molecular formula is C18H18N4O3. The van der Waals surface area contributed by atoms with Crippen molar-refractivity contribution < 1.29 is 14.3 Å². The van der Waals surface area contributed by atoms with Gasteiger partial charge in [0.05, 0.1) is 12.3 Å². The molecule has 0 saturated carbocycles. The largest absolute Gasteiger partial charge is 0.454 e. The Kier molecular flexibility index (Phi) is 3.68. The summed E-state index contributed by atoms with van der Waals surface area (Å²) in [6.07, 6.45) is 0.668. The Labute approximate surface area is 145 Å². The van der Waals surface area contributed by atoms with Gasteiger partial charge in [-0.1, -0.05) is 12.1 Å². The van der Waals surface area contributed by atoms with E-state index in [0.29, 0.717) is 30.1 Å². The third-order valence-corrected chi connectivity index (χ3v) is 4.30. The van der Waals surface area contributed by atoms with E-state index in [1.165, 1.54) is 5.01 Å². The molecule has 0 atom stereocenters. The molecule has 0 bridgehead atoms. The minimum atomic E-state index is -0.249. The van der Waals surface area contributed by atoms with Crippen molar-refractivity contribution in [3.8, 4) is 11.5 Å². The van der Waals surface area contributed by atoms with Gasteiger partial charge in [-0.3, -0.25) is 0 Å². The monoisotopic (exact) mass is 338 g/mol. The van der Waals surface area contributed by atoms with E-state index < -0.39 is 0 Å². The van der Waals surface area contributed by atoms with E-state index in [2.05, 4.69) is 10.4 Å². The van der Waals surface area contributed by atoms with Crippen molar-refractivity contribution in [3.05, 3.63) is 53.1 Å². The molecule has 0 aliphatic carbocycles. The fourth-order valence-corrected chi connectivity index (χ4v) is 2.99. The van der Waals surface area contributed by atoms with Gasteiger partial charge < -0.3 is 20.5 Å². The number of ether oxygens (including phenoxy) is 2. The quantitative estimate of drug-likeness (QED) is 0.778. The molecule has 0 radical (unpaired) electrons. The molecule has 2 aromatic rings. The second-order valence-corrected chi connectivity index (χ2v) is 5.86. The maximum Gasteiger partial charge on any atom is 0.337 e. The van der Waals surface area contributed by atoms with E-state index in [1.54, 1.807) is 7.05 Å². The van der Waals surface area contributed by atoms with Crippen LogP contribution in [0.2, 0.25) is 0 Å². The highest BCUT2D eigenvalue weighted by Gasteiger charge is 2.25. The lowest BCUT2D eigenvalue weighted by molar-refractivity contribution is 0.174. The van der Waals surface area contributed by atoms with Gasteiger partial charge in [0, 0.05) is 23.9 Å². The molecule has 2 aliphatic rings. The molecule has 2 aliphatic heterocycles. The molecule has 3 N–H and O–H groups in total. The fraction of sp³-hybridized carbons (Fsp3) is 0.222. The predicted molar refractivity (Wildman–Crippen MR) is 93.9 cm³/mol. The molecule has 0 fully saturated rings. The highest BCUT2D eigenvalue weighted by atomic mass is 16.7. The SMILES string of the molecule is CNC(=O)N1CCc2cc3c(cc2C(c2ccc(N)cc2)=N1)OCO3. The smallest absolute Gasteiger partial charge is 0.337 e. The number of hydrogen-bond donors (Lipinski definition) is 2. The number of hydrazone groups is 1. The number of nitrogens with zero attached hydrogens (tertiary/aromatic N) is 2. The van der Waals surface area contributed by atoms with Crippen molar-refractivity contribution in [2.75, 3.05) is 26.1 Å². The van der Waals surface area contributed by atoms with E-state index in [1.807, 2.05) is 36.4 Å². The van der Waals surface area contributed by atoms with E-state index in [4.69, 9.17) is 15.2 Å². The Morgan fingerprint density at radius 2 is 1.92 bits per heavy atom. The van der Waals surface area contributed by atoms with Crippen molar-refractivity contribution in [1.82, 2.24) is 10.3 Å². The van der Waals surface area contributed by atoms with Crippen molar-refractivity contribution >= 4 is 17.4 Å². The number of benzene rings is 2. The molecule has 7 heteroatoms. The topological polar surface area (TPSA) is 89.2 Å². The molecule has 0 aromatic heterocycles. The number of nitrogens with two attached hydrogens (primary N) is 1. The van der Waals surface area contributed by atoms with Crippen LogP contribution in [0.3, 0.4) is 0 Å². The van der Waals surface area contributed by atoms with Crippen LogP contribution in [0.4, 0.5) is 10.5 Å². The molecule has 25 heavy (non-hydrogen) atoms. The second-order valence-electron chi connectivity index (χ2n) is 5.86. The summed E-state index contributed by atoms with van der Waals surface area (Å²) in [7, 11) is 1.59. The third-order valence-electron chi connectivity index (χ3n) is 4.30. The molecule has 2 aromatic carbocycles. The summed E-state index contributed by atoms with van der Waals surface area (Å²) in [4.78, 5) is 12.1. The van der Waals surface area contributed by atoms with Crippen molar-refractivity contribution in [1.29, 1.82) is 0 Å². The van der Waals surface area contributed by atoms with Crippen molar-refractivity contribution in [2.24, 2.45) is 5.10 Å². The number of nitrogens with one attached hydrogen (secondary N) is 1. The number of carbonyl (C=O) groups is 1. The average Bonchev–Trinajstić information content (AvgIpc) is 3.00. The van der Waals surface area contributed by atoms with Gasteiger partial charge in [0.25, 0.3) is 0 Å². The molecule has 4 rings (SSSR count). The van der Waals surface area contributed by atoms with Crippen molar-refractivity contribution in [2.45, 2.75) is 6.42 Å². The molecule has 2 amide bonds. The highest BCUT2D eigenvalue weighted by molar-refractivity contribution is 6.14. The van der Waals surface area contributed by atoms with Gasteiger partial charge in [0.15, 0.2) is 11.5 Å². The number of urea groups is 1. The zero-order chi connectivity index (χ0) is 17.4. The zero-order valence-corrected chi connectivity index (χ0v) is 13.8. The molecule has 0 saturated heterocycles. The zero-order valence-electron chi connectivity index (χ0n) is 13.8. The summed E-state index contributed by atoms with van der Waals surface area (Å²) in [6.45, 7) is 0.696. The molecular weight excluding hydrogens is 320 g/mol. The van der Waals surface area contributed by atoms with Gasteiger partial charge in [0.1, 0.15) is 0 Å². The normalized spacial score (nSPS) is 15.2. The van der Waals surface area contributed by atoms with Gasteiger partial charge in [-0.05, 0) is 36.2 Å². The van der Waals surface area contributed by atoms with Crippen LogP contribution >= 0.6 is 0 Å². The van der Waals surface area contributed by atoms with E-state index >= 15 is 0 Å². The predicted octanol–water partition coefficient (Wildman–Crippen LogP) is 1.95. The molecule has 128 valence electrons. The average molecular weight is 338 g/mol. The third kappa shape index (κ3) is 2.73. The maximum atomic E-state index is 12.1. The van der Waals surface area contributed by atoms with Gasteiger partial charge in [-0.2, -0.15) is 5.10 Å². The summed E-state index contributed by atoms with van der Waals surface area (Å²) in [6, 6.07) is 11.1. The summed E-state index contributed by atoms with van der Waals surface area (Å²) < 4.78 is 11.0. The first-order chi connectivity index (χ1) is 12.2. The molecule has 0 spiro atoms. The molecule has 0 unspecified atom stereocenters. The number of amides is 2. The van der Waals surface area contributed by atoms with Gasteiger partial charge >= 0.3 is 6.03 Å². The Hall–Kier alpha value is -3.22. The molecule has 2 heterocycles. The summed E-state index contributed by atoms with van der Waals surface area (Å²) in [5.74, 6) is 1.42. The number of fused-ring (bicyclic) bond motifs is 2. The second kappa shape index (κ2) is 6.01. The lowest BCUT2D eigenvalue weighted by Crippen LogP contribution is -2.35. The van der Waals surface area contributed by atoms with E-state index in [-0.39, 0.29) is 12.8 Å². The van der Waals surface area contributed by atoms with Gasteiger partial charge in [0.2, 0.25) is 6.79 Å². The minimum Gasteiger partial charge on any atom is -0.454 e. The van der Waals surface area contributed by atoms with E-state index in [0.717, 1.165) is 22.4 Å². The first-order valence-corrected chi connectivity index (χ1v) is 8.02. The van der Waals surface area contributed by atoms with Crippen LogP contribution in [0.5, 0.6) is 11.5 Å². The van der Waals surface area contributed by atoms with Crippen LogP contribution in [0.15, 0.2) is 41.5 Å². The van der Waals surface area contributed by atoms with Crippen LogP contribution in [-0.2, 0) is 6.42 Å². The highest BCUT2D eigenvalue weighted by Crippen LogP contribution is 2.36. The number of nitrogen functional groups attached to an aromatic ring is 1. The summed E-state index contributed by atoms with van der Waals surface area (Å²) >= 11 is 0. The minimum absolute atomic E-state index is 0.219. The first-order valence-electron chi connectivity index (χ1n) is 8.02. The van der Waals surface area contributed by atoms with Crippen LogP contribution in [0, 0.1) is 0 Å². The summed E-state index contributed by atoms with van der Waals surface area (Å²) in [5.41, 5.74) is 10.0. The number of carbonyl (C=O) groups excluding carboxylic acids is 1. The lowest BCUT2D eigenvalue weighted by Gasteiger charge is -2.15. The fourth-order valence-electron chi connectivity index (χ4n) is 2.99. The van der Waals surface area contributed by atoms with Crippen molar-refractivity contribution in [3.63, 3.8) is 0 Å². The lowest BCUT2D eigenvalue weighted by atomic mass is 9.95. The maximum absolute atomic E-state index is 12.1. The Bertz CT molecular complexity index is 861. The molecule has 7 nitrogen and oxygen atoms in total. The number of anilines is 1. The number of rotatable bonds is 1.